The number of aromatic nitrogens is 4. The van der Waals surface area contributed by atoms with E-state index in [4.69, 9.17) is 9.97 Å². The van der Waals surface area contributed by atoms with E-state index in [0.29, 0.717) is 0 Å². The van der Waals surface area contributed by atoms with Crippen molar-refractivity contribution in [2.75, 3.05) is 0 Å². The molecule has 4 aromatic heterocycles. The van der Waals surface area contributed by atoms with Crippen molar-refractivity contribution in [2.24, 2.45) is 0 Å². The van der Waals surface area contributed by atoms with Gasteiger partial charge in [-0.3, -0.25) is 9.38 Å². The van der Waals surface area contributed by atoms with E-state index in [1.807, 2.05) is 24.7 Å². The van der Waals surface area contributed by atoms with Gasteiger partial charge in [0.25, 0.3) is 0 Å². The van der Waals surface area contributed by atoms with Gasteiger partial charge in [0.1, 0.15) is 11.3 Å². The van der Waals surface area contributed by atoms with E-state index < -0.39 is 0 Å². The van der Waals surface area contributed by atoms with Crippen LogP contribution in [0.2, 0.25) is 0 Å². The Balaban J connectivity index is 1.33. The Bertz CT molecular complexity index is 2070. The second kappa shape index (κ2) is 6.10. The van der Waals surface area contributed by atoms with Gasteiger partial charge in [0.15, 0.2) is 0 Å². The summed E-state index contributed by atoms with van der Waals surface area (Å²) in [6.07, 6.45) is 7.60. The molecule has 2 aliphatic rings. The molecule has 35 heavy (non-hydrogen) atoms. The first-order valence-corrected chi connectivity index (χ1v) is 12.0. The molecule has 0 saturated heterocycles. The first-order chi connectivity index (χ1) is 17.3. The lowest BCUT2D eigenvalue weighted by molar-refractivity contribution is 1.22. The number of benzene rings is 3. The van der Waals surface area contributed by atoms with Crippen LogP contribution in [0.15, 0.2) is 85.3 Å². The number of hydrogen-bond donors (Lipinski definition) is 0. The molecule has 0 spiro atoms. The molecule has 4 heteroatoms. The summed E-state index contributed by atoms with van der Waals surface area (Å²) in [5.74, 6) is 0. The summed E-state index contributed by atoms with van der Waals surface area (Å²) in [6, 6.07) is 24.5. The first-order valence-electron chi connectivity index (χ1n) is 12.0. The third-order valence-corrected chi connectivity index (χ3v) is 7.92. The highest BCUT2D eigenvalue weighted by Crippen LogP contribution is 2.46. The third kappa shape index (κ3) is 2.20. The monoisotopic (exact) mass is 446 g/mol. The van der Waals surface area contributed by atoms with E-state index in [0.717, 1.165) is 51.3 Å². The van der Waals surface area contributed by atoms with Gasteiger partial charge < -0.3 is 0 Å². The van der Waals surface area contributed by atoms with Crippen LogP contribution in [0, 0.1) is 0 Å². The van der Waals surface area contributed by atoms with Gasteiger partial charge in [0, 0.05) is 34.7 Å². The second-order valence-corrected chi connectivity index (χ2v) is 9.74. The van der Waals surface area contributed by atoms with Crippen molar-refractivity contribution in [3.05, 3.63) is 108 Å². The average Bonchev–Trinajstić information content (AvgIpc) is 3.57. The molecule has 0 saturated carbocycles. The van der Waals surface area contributed by atoms with Gasteiger partial charge in [-0.05, 0) is 99.8 Å². The van der Waals surface area contributed by atoms with E-state index in [1.165, 1.54) is 44.5 Å². The molecule has 0 fully saturated rings. The predicted molar refractivity (Wildman–Crippen MR) is 140 cm³/mol. The largest absolute Gasteiger partial charge is 0.276 e. The van der Waals surface area contributed by atoms with Crippen molar-refractivity contribution in [3.63, 3.8) is 0 Å². The summed E-state index contributed by atoms with van der Waals surface area (Å²) in [5.41, 5.74) is 15.1. The highest BCUT2D eigenvalue weighted by atomic mass is 15.1. The smallest absolute Gasteiger partial charge is 0.147 e. The van der Waals surface area contributed by atoms with Gasteiger partial charge in [-0.15, -0.1) is 0 Å². The number of fused-ring (bicyclic) bond motifs is 14. The van der Waals surface area contributed by atoms with Crippen LogP contribution in [-0.2, 0) is 12.8 Å². The fourth-order valence-corrected chi connectivity index (χ4v) is 6.38. The standard InChI is InChI=1S/C31H18N4/c1-2-5-21-17(4-1)10-18-13-25-19(12-24(18)21)11-20-14-29-28(15-26(20)25)34-31-23-7-9-32-16-27(23)22-6-3-8-33-30(22)35(29)31/h1-9,12-16H,10-11H2. The molecular formula is C31H18N4. The van der Waals surface area contributed by atoms with E-state index in [-0.39, 0.29) is 0 Å². The van der Waals surface area contributed by atoms with Crippen LogP contribution in [-0.4, -0.2) is 19.4 Å². The summed E-state index contributed by atoms with van der Waals surface area (Å²) in [7, 11) is 0. The summed E-state index contributed by atoms with van der Waals surface area (Å²) in [4.78, 5) is 14.3. The van der Waals surface area contributed by atoms with Crippen molar-refractivity contribution in [1.82, 2.24) is 19.4 Å². The lowest BCUT2D eigenvalue weighted by Crippen LogP contribution is -1.94. The van der Waals surface area contributed by atoms with Gasteiger partial charge in [-0.25, -0.2) is 9.97 Å². The minimum absolute atomic E-state index is 0.927. The number of imidazole rings is 1. The Morgan fingerprint density at radius 1 is 0.600 bits per heavy atom. The predicted octanol–water partition coefficient (Wildman–Crippen LogP) is 6.73. The van der Waals surface area contributed by atoms with Crippen LogP contribution in [0.5, 0.6) is 0 Å². The van der Waals surface area contributed by atoms with Gasteiger partial charge in [-0.2, -0.15) is 0 Å². The Kier molecular flexibility index (Phi) is 3.11. The number of rotatable bonds is 0. The SMILES string of the molecule is c1ccc2c(c1)Cc1cc3c(cc1-2)Cc1cc2c(cc1-3)nc1c3ccncc3c3cccnc3n21. The lowest BCUT2D eigenvalue weighted by atomic mass is 9.98. The number of hydrogen-bond acceptors (Lipinski definition) is 3. The quantitative estimate of drug-likeness (QED) is 0.243. The van der Waals surface area contributed by atoms with Gasteiger partial charge in [-0.1, -0.05) is 24.3 Å². The van der Waals surface area contributed by atoms with Crippen molar-refractivity contribution in [3.8, 4) is 22.3 Å². The molecule has 0 radical (unpaired) electrons. The normalized spacial score (nSPS) is 13.5. The molecule has 3 aromatic carbocycles. The zero-order valence-electron chi connectivity index (χ0n) is 18.8. The van der Waals surface area contributed by atoms with E-state index in [2.05, 4.69) is 70.0 Å². The molecule has 4 heterocycles. The Labute approximate surface area is 200 Å². The van der Waals surface area contributed by atoms with Crippen molar-refractivity contribution >= 4 is 38.5 Å². The highest BCUT2D eigenvalue weighted by Gasteiger charge is 2.26. The summed E-state index contributed by atoms with van der Waals surface area (Å²) in [5, 5.41) is 3.29. The topological polar surface area (TPSA) is 43.1 Å². The van der Waals surface area contributed by atoms with Crippen LogP contribution in [0.1, 0.15) is 22.3 Å². The lowest BCUT2D eigenvalue weighted by Gasteiger charge is -2.08. The zero-order valence-corrected chi connectivity index (χ0v) is 18.8. The molecule has 2 aliphatic carbocycles. The fraction of sp³-hybridized carbons (Fsp3) is 0.0645. The molecule has 0 bridgehead atoms. The van der Waals surface area contributed by atoms with Crippen LogP contribution in [0.4, 0.5) is 0 Å². The van der Waals surface area contributed by atoms with E-state index in [9.17, 15) is 0 Å². The maximum atomic E-state index is 5.14. The van der Waals surface area contributed by atoms with Gasteiger partial charge >= 0.3 is 0 Å². The van der Waals surface area contributed by atoms with Crippen molar-refractivity contribution in [2.45, 2.75) is 12.8 Å². The molecule has 0 unspecified atom stereocenters. The summed E-state index contributed by atoms with van der Waals surface area (Å²) >= 11 is 0. The molecule has 9 rings (SSSR count). The molecule has 162 valence electrons. The molecule has 0 amide bonds. The second-order valence-electron chi connectivity index (χ2n) is 9.74. The van der Waals surface area contributed by atoms with Gasteiger partial charge in [0.05, 0.1) is 11.0 Å². The molecule has 0 N–H and O–H groups in total. The van der Waals surface area contributed by atoms with Gasteiger partial charge in [0.2, 0.25) is 0 Å². The van der Waals surface area contributed by atoms with Crippen molar-refractivity contribution < 1.29 is 0 Å². The summed E-state index contributed by atoms with van der Waals surface area (Å²) in [6.45, 7) is 0. The third-order valence-electron chi connectivity index (χ3n) is 7.92. The number of nitrogens with zero attached hydrogens (tertiary/aromatic N) is 4. The van der Waals surface area contributed by atoms with E-state index >= 15 is 0 Å². The van der Waals surface area contributed by atoms with Crippen LogP contribution in [0.3, 0.4) is 0 Å². The number of pyridine rings is 3. The average molecular weight is 447 g/mol. The molecular weight excluding hydrogens is 428 g/mol. The Morgan fingerprint density at radius 2 is 1.37 bits per heavy atom. The summed E-state index contributed by atoms with van der Waals surface area (Å²) < 4.78 is 2.23. The maximum absolute atomic E-state index is 5.14. The minimum Gasteiger partial charge on any atom is -0.276 e. The molecule has 7 aromatic rings. The Hall–Kier alpha value is -4.57. The maximum Gasteiger partial charge on any atom is 0.147 e. The highest BCUT2D eigenvalue weighted by molar-refractivity contribution is 6.12. The fourth-order valence-electron chi connectivity index (χ4n) is 6.38. The van der Waals surface area contributed by atoms with Crippen LogP contribution >= 0.6 is 0 Å². The molecule has 0 atom stereocenters. The van der Waals surface area contributed by atoms with Crippen LogP contribution in [0.25, 0.3) is 60.7 Å². The zero-order chi connectivity index (χ0) is 22.7. The minimum atomic E-state index is 0.927. The van der Waals surface area contributed by atoms with Crippen molar-refractivity contribution in [1.29, 1.82) is 0 Å². The van der Waals surface area contributed by atoms with E-state index in [1.54, 1.807) is 0 Å². The Morgan fingerprint density at radius 3 is 2.31 bits per heavy atom. The first kappa shape index (κ1) is 17.8. The van der Waals surface area contributed by atoms with Crippen LogP contribution < -0.4 is 0 Å². The molecule has 4 nitrogen and oxygen atoms in total. The molecule has 0 aliphatic heterocycles.